The Bertz CT molecular complexity index is 445. The van der Waals surface area contributed by atoms with Gasteiger partial charge in [-0.25, -0.2) is 4.39 Å². The van der Waals surface area contributed by atoms with Crippen LogP contribution in [0.25, 0.3) is 0 Å². The number of hydrogen-bond donors (Lipinski definition) is 0. The van der Waals surface area contributed by atoms with E-state index in [1.807, 2.05) is 13.0 Å². The lowest BCUT2D eigenvalue weighted by atomic mass is 9.82. The highest BCUT2D eigenvalue weighted by Gasteiger charge is 2.20. The van der Waals surface area contributed by atoms with E-state index in [1.165, 1.54) is 11.1 Å². The van der Waals surface area contributed by atoms with E-state index < -0.39 is 0 Å². The van der Waals surface area contributed by atoms with Crippen molar-refractivity contribution in [3.63, 3.8) is 0 Å². The molecular weight excluding hydrogens is 247 g/mol. The number of hydrogen-bond acceptors (Lipinski definition) is 0. The van der Waals surface area contributed by atoms with Gasteiger partial charge in [0.25, 0.3) is 0 Å². The van der Waals surface area contributed by atoms with Gasteiger partial charge in [-0.2, -0.15) is 0 Å². The Morgan fingerprint density at radius 1 is 1.15 bits per heavy atom. The van der Waals surface area contributed by atoms with E-state index in [-0.39, 0.29) is 11.7 Å². The molecule has 0 aliphatic rings. The molecule has 20 heavy (non-hydrogen) atoms. The predicted molar refractivity (Wildman–Crippen MR) is 86.9 cm³/mol. The van der Waals surface area contributed by atoms with E-state index in [4.69, 9.17) is 0 Å². The third-order valence-corrected chi connectivity index (χ3v) is 4.05. The van der Waals surface area contributed by atoms with Crippen molar-refractivity contribution in [2.45, 2.75) is 72.1 Å². The lowest BCUT2D eigenvalue weighted by Gasteiger charge is -2.23. The molecule has 0 saturated heterocycles. The van der Waals surface area contributed by atoms with Crippen molar-refractivity contribution in [2.24, 2.45) is 0 Å². The average Bonchev–Trinajstić information content (AvgIpc) is 2.41. The van der Waals surface area contributed by atoms with E-state index in [1.54, 1.807) is 6.07 Å². The van der Waals surface area contributed by atoms with Gasteiger partial charge in [0.15, 0.2) is 0 Å². The summed E-state index contributed by atoms with van der Waals surface area (Å²) in [6.07, 6.45) is 6.32. The molecule has 1 unspecified atom stereocenters. The molecule has 0 aromatic heterocycles. The summed E-state index contributed by atoms with van der Waals surface area (Å²) in [5.41, 5.74) is 4.57. The minimum Gasteiger partial charge on any atom is -0.207 e. The lowest BCUT2D eigenvalue weighted by Crippen LogP contribution is -2.09. The quantitative estimate of drug-likeness (QED) is 0.496. The van der Waals surface area contributed by atoms with Gasteiger partial charge < -0.3 is 0 Å². The second kappa shape index (κ2) is 8.24. The van der Waals surface area contributed by atoms with Crippen molar-refractivity contribution in [2.75, 3.05) is 0 Å². The summed E-state index contributed by atoms with van der Waals surface area (Å²) in [6, 6.07) is 3.64. The maximum absolute atomic E-state index is 14.5. The minimum absolute atomic E-state index is 0.0502. The van der Waals surface area contributed by atoms with Crippen molar-refractivity contribution in [3.8, 4) is 0 Å². The standard InChI is InChI=1S/C19H29F/c1-6-9-11-17-15(10-7-2)12-13-18(20)19(17)16(8-3)14(4)5/h12-13,16H,4,6-11H2,1-3,5H3. The molecule has 0 radical (unpaired) electrons. The van der Waals surface area contributed by atoms with E-state index in [2.05, 4.69) is 27.4 Å². The highest BCUT2D eigenvalue weighted by molar-refractivity contribution is 5.42. The van der Waals surface area contributed by atoms with Crippen LogP contribution in [0.15, 0.2) is 24.3 Å². The fourth-order valence-electron chi connectivity index (χ4n) is 3.01. The molecule has 0 aliphatic heterocycles. The van der Waals surface area contributed by atoms with Crippen LogP contribution in [0.4, 0.5) is 4.39 Å². The average molecular weight is 276 g/mol. The topological polar surface area (TPSA) is 0 Å². The first-order chi connectivity index (χ1) is 9.56. The number of halogens is 1. The van der Waals surface area contributed by atoms with E-state index >= 15 is 0 Å². The minimum atomic E-state index is -0.0502. The van der Waals surface area contributed by atoms with Gasteiger partial charge >= 0.3 is 0 Å². The highest BCUT2D eigenvalue weighted by Crippen LogP contribution is 2.34. The molecule has 0 saturated carbocycles. The van der Waals surface area contributed by atoms with Crippen molar-refractivity contribution >= 4 is 0 Å². The summed E-state index contributed by atoms with van der Waals surface area (Å²) in [4.78, 5) is 0. The third-order valence-electron chi connectivity index (χ3n) is 4.05. The smallest absolute Gasteiger partial charge is 0.127 e. The number of unbranched alkanes of at least 4 members (excludes halogenated alkanes) is 1. The van der Waals surface area contributed by atoms with Crippen molar-refractivity contribution in [1.29, 1.82) is 0 Å². The molecule has 1 rings (SSSR count). The van der Waals surface area contributed by atoms with Crippen LogP contribution in [0, 0.1) is 5.82 Å². The number of aryl methyl sites for hydroxylation is 1. The summed E-state index contributed by atoms with van der Waals surface area (Å²) < 4.78 is 14.5. The largest absolute Gasteiger partial charge is 0.207 e. The van der Waals surface area contributed by atoms with Gasteiger partial charge in [-0.15, -0.1) is 0 Å². The van der Waals surface area contributed by atoms with Gasteiger partial charge in [-0.05, 0) is 55.4 Å². The van der Waals surface area contributed by atoms with Crippen molar-refractivity contribution in [1.82, 2.24) is 0 Å². The molecule has 0 spiro atoms. The van der Waals surface area contributed by atoms with Crippen LogP contribution in [0.5, 0.6) is 0 Å². The SMILES string of the molecule is C=C(C)C(CC)c1c(F)ccc(CCC)c1CCCC. The van der Waals surface area contributed by atoms with Crippen LogP contribution in [0.3, 0.4) is 0 Å². The van der Waals surface area contributed by atoms with Gasteiger partial charge in [0.2, 0.25) is 0 Å². The highest BCUT2D eigenvalue weighted by atomic mass is 19.1. The van der Waals surface area contributed by atoms with Gasteiger partial charge in [0.05, 0.1) is 0 Å². The van der Waals surface area contributed by atoms with Gasteiger partial charge in [-0.3, -0.25) is 0 Å². The molecule has 1 heteroatoms. The molecule has 0 N–H and O–H groups in total. The second-order valence-electron chi connectivity index (χ2n) is 5.76. The zero-order valence-corrected chi connectivity index (χ0v) is 13.6. The summed E-state index contributed by atoms with van der Waals surface area (Å²) >= 11 is 0. The first-order valence-electron chi connectivity index (χ1n) is 8.02. The van der Waals surface area contributed by atoms with Crippen LogP contribution in [-0.4, -0.2) is 0 Å². The molecule has 0 nitrogen and oxygen atoms in total. The Morgan fingerprint density at radius 2 is 1.85 bits per heavy atom. The van der Waals surface area contributed by atoms with Crippen LogP contribution >= 0.6 is 0 Å². The second-order valence-corrected chi connectivity index (χ2v) is 5.76. The van der Waals surface area contributed by atoms with E-state index in [0.717, 1.165) is 49.7 Å². The molecule has 0 bridgehead atoms. The first-order valence-corrected chi connectivity index (χ1v) is 8.02. The van der Waals surface area contributed by atoms with Crippen molar-refractivity contribution in [3.05, 3.63) is 46.8 Å². The maximum atomic E-state index is 14.5. The Labute approximate surface area is 124 Å². The zero-order valence-electron chi connectivity index (χ0n) is 13.6. The molecule has 1 aromatic rings. The maximum Gasteiger partial charge on any atom is 0.127 e. The van der Waals surface area contributed by atoms with Gasteiger partial charge in [0, 0.05) is 5.92 Å². The van der Waals surface area contributed by atoms with Crippen LogP contribution in [0.1, 0.15) is 76.0 Å². The monoisotopic (exact) mass is 276 g/mol. The Kier molecular flexibility index (Phi) is 6.98. The molecule has 1 atom stereocenters. The molecular formula is C19H29F. The third kappa shape index (κ3) is 3.94. The number of rotatable bonds is 8. The Hall–Kier alpha value is -1.11. The van der Waals surface area contributed by atoms with Crippen molar-refractivity contribution < 1.29 is 4.39 Å². The van der Waals surface area contributed by atoms with Gasteiger partial charge in [-0.1, -0.05) is 51.8 Å². The summed E-state index contributed by atoms with van der Waals surface area (Å²) in [5.74, 6) is 0.101. The predicted octanol–water partition coefficient (Wildman–Crippen LogP) is 6.19. The Morgan fingerprint density at radius 3 is 2.35 bits per heavy atom. The molecule has 1 aromatic carbocycles. The van der Waals surface area contributed by atoms with Crippen LogP contribution in [-0.2, 0) is 12.8 Å². The fraction of sp³-hybridized carbons (Fsp3) is 0.579. The molecule has 0 heterocycles. The molecule has 0 amide bonds. The summed E-state index contributed by atoms with van der Waals surface area (Å²) in [7, 11) is 0. The molecule has 112 valence electrons. The number of allylic oxidation sites excluding steroid dienone is 1. The Balaban J connectivity index is 3.36. The summed E-state index contributed by atoms with van der Waals surface area (Å²) in [6.45, 7) is 12.6. The van der Waals surface area contributed by atoms with Crippen LogP contribution in [0.2, 0.25) is 0 Å². The van der Waals surface area contributed by atoms with Crippen LogP contribution < -0.4 is 0 Å². The van der Waals surface area contributed by atoms with Gasteiger partial charge in [0.1, 0.15) is 5.82 Å². The van der Waals surface area contributed by atoms with E-state index in [0.29, 0.717) is 0 Å². The van der Waals surface area contributed by atoms with E-state index in [9.17, 15) is 4.39 Å². The molecule has 0 fully saturated rings. The first kappa shape index (κ1) is 16.9. The zero-order chi connectivity index (χ0) is 15.1. The number of benzene rings is 1. The normalized spacial score (nSPS) is 12.4. The molecule has 0 aliphatic carbocycles. The fourth-order valence-corrected chi connectivity index (χ4v) is 3.01. The lowest BCUT2D eigenvalue weighted by molar-refractivity contribution is 0.580. The summed E-state index contributed by atoms with van der Waals surface area (Å²) in [5, 5.41) is 0.